The van der Waals surface area contributed by atoms with E-state index in [1.165, 1.54) is 12.8 Å². The van der Waals surface area contributed by atoms with E-state index in [0.29, 0.717) is 6.04 Å². The maximum absolute atomic E-state index is 5.75. The van der Waals surface area contributed by atoms with E-state index in [9.17, 15) is 0 Å². The fourth-order valence-corrected chi connectivity index (χ4v) is 2.38. The van der Waals surface area contributed by atoms with Crippen molar-refractivity contribution in [1.29, 1.82) is 0 Å². The van der Waals surface area contributed by atoms with Crippen molar-refractivity contribution in [3.63, 3.8) is 0 Å². The molecule has 2 heterocycles. The summed E-state index contributed by atoms with van der Waals surface area (Å²) in [4.78, 5) is 4.64. The molecule has 0 aliphatic carbocycles. The fraction of sp³-hybridized carbons (Fsp3) is 0.769. The molecule has 1 aliphatic rings. The molecule has 1 saturated heterocycles. The maximum Gasteiger partial charge on any atom is 0.196 e. The monoisotopic (exact) mass is 222 g/mol. The Hall–Kier alpha value is -0.830. The summed E-state index contributed by atoms with van der Waals surface area (Å²) in [6.45, 7) is 9.68. The fourth-order valence-electron chi connectivity index (χ4n) is 2.38. The summed E-state index contributed by atoms with van der Waals surface area (Å²) in [5.41, 5.74) is 1.18. The van der Waals surface area contributed by atoms with Gasteiger partial charge in [0.15, 0.2) is 5.89 Å². The van der Waals surface area contributed by atoms with Crippen LogP contribution < -0.4 is 5.32 Å². The van der Waals surface area contributed by atoms with Crippen LogP contribution >= 0.6 is 0 Å². The lowest BCUT2D eigenvalue weighted by atomic mass is 9.91. The van der Waals surface area contributed by atoms with E-state index in [0.717, 1.165) is 30.3 Å². The molecule has 1 fully saturated rings. The van der Waals surface area contributed by atoms with Crippen molar-refractivity contribution in [3.8, 4) is 0 Å². The lowest BCUT2D eigenvalue weighted by Crippen LogP contribution is -2.23. The minimum atomic E-state index is 0.0783. The quantitative estimate of drug-likeness (QED) is 0.835. The zero-order chi connectivity index (χ0) is 11.8. The molecule has 3 nitrogen and oxygen atoms in total. The smallest absolute Gasteiger partial charge is 0.196 e. The molecule has 16 heavy (non-hydrogen) atoms. The van der Waals surface area contributed by atoms with Gasteiger partial charge in [-0.25, -0.2) is 4.98 Å². The van der Waals surface area contributed by atoms with E-state index in [1.54, 1.807) is 0 Å². The van der Waals surface area contributed by atoms with E-state index in [4.69, 9.17) is 4.42 Å². The van der Waals surface area contributed by atoms with Crippen molar-refractivity contribution < 1.29 is 4.42 Å². The average Bonchev–Trinajstić information content (AvgIpc) is 2.74. The SMILES string of the molecule is Cc1oc(CC2CCCN2)nc1C(C)(C)C. The summed E-state index contributed by atoms with van der Waals surface area (Å²) >= 11 is 0. The third kappa shape index (κ3) is 2.46. The van der Waals surface area contributed by atoms with Crippen LogP contribution in [0.25, 0.3) is 0 Å². The van der Waals surface area contributed by atoms with Crippen molar-refractivity contribution in [1.82, 2.24) is 10.3 Å². The Morgan fingerprint density at radius 2 is 2.19 bits per heavy atom. The standard InChI is InChI=1S/C13H22N2O/c1-9-12(13(2,3)4)15-11(16-9)8-10-6-5-7-14-10/h10,14H,5-8H2,1-4H3. The molecule has 1 N–H and O–H groups in total. The molecule has 0 amide bonds. The second-order valence-corrected chi connectivity index (χ2v) is 5.76. The molecule has 3 heteroatoms. The van der Waals surface area contributed by atoms with Gasteiger partial charge < -0.3 is 9.73 Å². The molecule has 0 bridgehead atoms. The number of aromatic nitrogens is 1. The topological polar surface area (TPSA) is 38.1 Å². The Morgan fingerprint density at radius 3 is 2.69 bits per heavy atom. The Labute approximate surface area is 97.6 Å². The Kier molecular flexibility index (Phi) is 3.06. The Bertz CT molecular complexity index is 356. The predicted octanol–water partition coefficient (Wildman–Crippen LogP) is 2.58. The van der Waals surface area contributed by atoms with Crippen LogP contribution in [0.3, 0.4) is 0 Å². The van der Waals surface area contributed by atoms with Crippen LogP contribution in [0.4, 0.5) is 0 Å². The predicted molar refractivity (Wildman–Crippen MR) is 64.7 cm³/mol. The van der Waals surface area contributed by atoms with Gasteiger partial charge in [0.25, 0.3) is 0 Å². The molecule has 1 aromatic rings. The number of oxazole rings is 1. The van der Waals surface area contributed by atoms with E-state index in [1.807, 2.05) is 6.92 Å². The molecular weight excluding hydrogens is 200 g/mol. The first-order chi connectivity index (χ1) is 7.47. The van der Waals surface area contributed by atoms with Crippen molar-refractivity contribution in [2.24, 2.45) is 0 Å². The van der Waals surface area contributed by atoms with E-state index in [-0.39, 0.29) is 5.41 Å². The van der Waals surface area contributed by atoms with Crippen LogP contribution in [0.2, 0.25) is 0 Å². The molecule has 90 valence electrons. The summed E-state index contributed by atoms with van der Waals surface area (Å²) < 4.78 is 5.75. The highest BCUT2D eigenvalue weighted by Gasteiger charge is 2.24. The number of nitrogens with one attached hydrogen (secondary N) is 1. The molecule has 1 unspecified atom stereocenters. The molecule has 0 aromatic carbocycles. The molecule has 1 aromatic heterocycles. The third-order valence-electron chi connectivity index (χ3n) is 3.13. The van der Waals surface area contributed by atoms with Gasteiger partial charge in [0.05, 0.1) is 5.69 Å². The number of hydrogen-bond acceptors (Lipinski definition) is 3. The summed E-state index contributed by atoms with van der Waals surface area (Å²) in [5, 5.41) is 3.47. The minimum absolute atomic E-state index is 0.0783. The first kappa shape index (κ1) is 11.6. The van der Waals surface area contributed by atoms with Crippen LogP contribution in [0.15, 0.2) is 4.42 Å². The van der Waals surface area contributed by atoms with Crippen LogP contribution in [0.1, 0.15) is 51.0 Å². The molecule has 0 saturated carbocycles. The van der Waals surface area contributed by atoms with Gasteiger partial charge >= 0.3 is 0 Å². The molecule has 2 rings (SSSR count). The van der Waals surface area contributed by atoms with Gasteiger partial charge in [-0.3, -0.25) is 0 Å². The number of aryl methyl sites for hydroxylation is 1. The van der Waals surface area contributed by atoms with Crippen LogP contribution in [0.5, 0.6) is 0 Å². The highest BCUT2D eigenvalue weighted by molar-refractivity contribution is 5.17. The van der Waals surface area contributed by atoms with Gasteiger partial charge in [-0.05, 0) is 26.3 Å². The van der Waals surface area contributed by atoms with Gasteiger partial charge in [0, 0.05) is 17.9 Å². The van der Waals surface area contributed by atoms with E-state index < -0.39 is 0 Å². The molecular formula is C13H22N2O. The summed E-state index contributed by atoms with van der Waals surface area (Å²) in [6.07, 6.45) is 3.44. The van der Waals surface area contributed by atoms with Crippen LogP contribution in [-0.2, 0) is 11.8 Å². The molecule has 0 radical (unpaired) electrons. The number of hydrogen-bond donors (Lipinski definition) is 1. The Balaban J connectivity index is 2.11. The lowest BCUT2D eigenvalue weighted by molar-refractivity contribution is 0.437. The lowest BCUT2D eigenvalue weighted by Gasteiger charge is -2.14. The largest absolute Gasteiger partial charge is 0.446 e. The summed E-state index contributed by atoms with van der Waals surface area (Å²) in [7, 11) is 0. The van der Waals surface area contributed by atoms with Gasteiger partial charge in [-0.1, -0.05) is 20.8 Å². The van der Waals surface area contributed by atoms with Gasteiger partial charge in [-0.2, -0.15) is 0 Å². The second-order valence-electron chi connectivity index (χ2n) is 5.76. The molecule has 1 aliphatic heterocycles. The number of rotatable bonds is 2. The van der Waals surface area contributed by atoms with Gasteiger partial charge in [-0.15, -0.1) is 0 Å². The highest BCUT2D eigenvalue weighted by Crippen LogP contribution is 2.26. The second kappa shape index (κ2) is 4.21. The third-order valence-corrected chi connectivity index (χ3v) is 3.13. The average molecular weight is 222 g/mol. The van der Waals surface area contributed by atoms with Crippen LogP contribution in [-0.4, -0.2) is 17.6 Å². The molecule has 1 atom stereocenters. The van der Waals surface area contributed by atoms with Gasteiger partial charge in [0.1, 0.15) is 5.76 Å². The zero-order valence-electron chi connectivity index (χ0n) is 10.8. The van der Waals surface area contributed by atoms with Crippen molar-refractivity contribution >= 4 is 0 Å². The zero-order valence-corrected chi connectivity index (χ0v) is 10.8. The Morgan fingerprint density at radius 1 is 1.44 bits per heavy atom. The molecule has 0 spiro atoms. The maximum atomic E-state index is 5.75. The highest BCUT2D eigenvalue weighted by atomic mass is 16.4. The van der Waals surface area contributed by atoms with E-state index >= 15 is 0 Å². The minimum Gasteiger partial charge on any atom is -0.446 e. The van der Waals surface area contributed by atoms with Gasteiger partial charge in [0.2, 0.25) is 0 Å². The first-order valence-electron chi connectivity index (χ1n) is 6.17. The summed E-state index contributed by atoms with van der Waals surface area (Å²) in [5.74, 6) is 1.86. The normalized spacial score (nSPS) is 21.6. The van der Waals surface area contributed by atoms with Crippen molar-refractivity contribution in [2.75, 3.05) is 6.54 Å². The van der Waals surface area contributed by atoms with E-state index in [2.05, 4.69) is 31.1 Å². The number of nitrogens with zero attached hydrogens (tertiary/aromatic N) is 1. The van der Waals surface area contributed by atoms with Crippen molar-refractivity contribution in [3.05, 3.63) is 17.3 Å². The van der Waals surface area contributed by atoms with Crippen molar-refractivity contribution in [2.45, 2.75) is 58.4 Å². The van der Waals surface area contributed by atoms with Crippen LogP contribution in [0, 0.1) is 6.92 Å². The first-order valence-corrected chi connectivity index (χ1v) is 6.17. The summed E-state index contributed by atoms with van der Waals surface area (Å²) in [6, 6.07) is 0.561.